The Labute approximate surface area is 230 Å². The third-order valence-electron chi connectivity index (χ3n) is 7.42. The number of carbonyl (C=O) groups is 3. The Morgan fingerprint density at radius 3 is 2.32 bits per heavy atom. The normalized spacial score (nSPS) is 24.3. The number of morpholine rings is 1. The van der Waals surface area contributed by atoms with Crippen molar-refractivity contribution in [1.82, 2.24) is 15.1 Å². The Balaban J connectivity index is 1.41. The molecule has 1 unspecified atom stereocenters. The summed E-state index contributed by atoms with van der Waals surface area (Å²) in [5.41, 5.74) is -4.47. The number of fused-ring (bicyclic) bond motifs is 1. The van der Waals surface area contributed by atoms with Gasteiger partial charge in [-0.3, -0.25) is 24.6 Å². The molecule has 8 N–H and O–H groups in total. The predicted molar refractivity (Wildman–Crippen MR) is 128 cm³/mol. The molecule has 0 aliphatic carbocycles. The van der Waals surface area contributed by atoms with Crippen LogP contribution in [0, 0.1) is 5.82 Å². The lowest BCUT2D eigenvalue weighted by Crippen LogP contribution is -2.85. The van der Waals surface area contributed by atoms with E-state index in [1.165, 1.54) is 46.6 Å². The number of rotatable bonds is 6. The van der Waals surface area contributed by atoms with E-state index in [9.17, 15) is 50.1 Å². The molecule has 220 valence electrons. The average molecular weight is 579 g/mol. The third-order valence-corrected chi connectivity index (χ3v) is 7.42. The molecule has 2 fully saturated rings. The highest BCUT2D eigenvalue weighted by Gasteiger charge is 2.76. The summed E-state index contributed by atoms with van der Waals surface area (Å²) in [6.45, 7) is -0.493. The second kappa shape index (κ2) is 9.76. The molecule has 15 nitrogen and oxygen atoms in total. The molecule has 3 heterocycles. The summed E-state index contributed by atoms with van der Waals surface area (Å²) in [4.78, 5) is 38.9. The predicted octanol–water partition coefficient (Wildman–Crippen LogP) is -3.51. The molecule has 3 aliphatic heterocycles. The van der Waals surface area contributed by atoms with E-state index in [4.69, 9.17) is 9.47 Å². The third kappa shape index (κ3) is 4.19. The molecule has 5 rings (SSSR count). The molecular formula is C25H26FN3O12. The van der Waals surface area contributed by atoms with Crippen LogP contribution in [-0.2, 0) is 33.4 Å². The van der Waals surface area contributed by atoms with Crippen molar-refractivity contribution >= 4 is 17.7 Å². The number of nitrogens with zero attached hydrogens (tertiary/aromatic N) is 2. The topological polar surface area (TPSA) is 230 Å². The van der Waals surface area contributed by atoms with Crippen LogP contribution in [0.25, 0.3) is 0 Å². The molecule has 41 heavy (non-hydrogen) atoms. The molecule has 3 amide bonds. The fourth-order valence-corrected chi connectivity index (χ4v) is 5.00. The maximum absolute atomic E-state index is 15.4. The van der Waals surface area contributed by atoms with Gasteiger partial charge in [0.15, 0.2) is 0 Å². The van der Waals surface area contributed by atoms with Crippen LogP contribution in [0.4, 0.5) is 4.39 Å². The molecule has 0 aromatic heterocycles. The molecule has 2 saturated heterocycles. The molecule has 2 aromatic carbocycles. The monoisotopic (exact) mass is 579 g/mol. The number of aliphatic hydroxyl groups is 7. The van der Waals surface area contributed by atoms with E-state index in [0.717, 1.165) is 0 Å². The van der Waals surface area contributed by atoms with Crippen molar-refractivity contribution in [2.75, 3.05) is 26.3 Å². The maximum atomic E-state index is 15.4. The number of amides is 3. The molecule has 3 aliphatic rings. The molecule has 0 saturated carbocycles. The lowest BCUT2D eigenvalue weighted by Gasteiger charge is -2.50. The van der Waals surface area contributed by atoms with Gasteiger partial charge in [-0.1, -0.05) is 18.2 Å². The van der Waals surface area contributed by atoms with Crippen LogP contribution >= 0.6 is 0 Å². The number of ether oxygens (including phenoxy) is 2. The van der Waals surface area contributed by atoms with Gasteiger partial charge in [0.25, 0.3) is 35.1 Å². The van der Waals surface area contributed by atoms with E-state index in [2.05, 4.69) is 0 Å². The van der Waals surface area contributed by atoms with Gasteiger partial charge in [-0.25, -0.2) is 9.29 Å². The number of nitrogens with one attached hydrogen (secondary N) is 1. The van der Waals surface area contributed by atoms with E-state index >= 15 is 4.39 Å². The Morgan fingerprint density at radius 2 is 1.63 bits per heavy atom. The van der Waals surface area contributed by atoms with Crippen LogP contribution in [0.1, 0.15) is 27.0 Å². The molecule has 2 aromatic rings. The number of imide groups is 1. The van der Waals surface area contributed by atoms with Crippen LogP contribution in [0.3, 0.4) is 0 Å². The average Bonchev–Trinajstić information content (AvgIpc) is 3.28. The minimum atomic E-state index is -4.26. The number of hydrogen-bond donors (Lipinski definition) is 8. The van der Waals surface area contributed by atoms with Crippen molar-refractivity contribution in [3.63, 3.8) is 0 Å². The molecule has 0 radical (unpaired) electrons. The van der Waals surface area contributed by atoms with Gasteiger partial charge >= 0.3 is 5.79 Å². The van der Waals surface area contributed by atoms with E-state index in [0.29, 0.717) is 0 Å². The van der Waals surface area contributed by atoms with Gasteiger partial charge in [0, 0.05) is 29.8 Å². The fourth-order valence-electron chi connectivity index (χ4n) is 5.00. The number of hydrogen-bond acceptors (Lipinski definition) is 13. The van der Waals surface area contributed by atoms with Crippen LogP contribution in [0.15, 0.2) is 36.4 Å². The Morgan fingerprint density at radius 1 is 0.976 bits per heavy atom. The number of piperidine rings is 1. The standard InChI is InChI=1S/C25H26FN3O12/c26-18-13(3-1-5-16(18)24(36,37)28-7-9-40-10-8-28)12-41-17-6-2-4-14-15(17)11-29(19(14)30)22(33)20(31)27-21(32)23(34,35)25(22,38)39/h1-6,33-39H,7-12H2,(H,27,31,32). The highest BCUT2D eigenvalue weighted by atomic mass is 19.1. The van der Waals surface area contributed by atoms with Crippen molar-refractivity contribution < 1.29 is 64.0 Å². The number of benzene rings is 2. The van der Waals surface area contributed by atoms with Crippen molar-refractivity contribution in [3.8, 4) is 5.75 Å². The van der Waals surface area contributed by atoms with Gasteiger partial charge in [-0.2, -0.15) is 0 Å². The summed E-state index contributed by atoms with van der Waals surface area (Å²) in [5, 5.41) is 74.4. The first-order chi connectivity index (χ1) is 19.2. The smallest absolute Gasteiger partial charge is 0.306 e. The summed E-state index contributed by atoms with van der Waals surface area (Å²) in [6, 6.07) is 7.86. The quantitative estimate of drug-likeness (QED) is 0.123. The van der Waals surface area contributed by atoms with Crippen LogP contribution < -0.4 is 10.1 Å². The Kier molecular flexibility index (Phi) is 6.89. The molecule has 0 bridgehead atoms. The van der Waals surface area contributed by atoms with Gasteiger partial charge < -0.3 is 45.2 Å². The molecule has 0 spiro atoms. The first kappa shape index (κ1) is 28.9. The Hall–Kier alpha value is -3.58. The molecular weight excluding hydrogens is 553 g/mol. The Bertz CT molecular complexity index is 1420. The van der Waals surface area contributed by atoms with Crippen LogP contribution in [0.5, 0.6) is 5.75 Å². The highest BCUT2D eigenvalue weighted by Crippen LogP contribution is 2.42. The van der Waals surface area contributed by atoms with E-state index in [1.807, 2.05) is 0 Å². The SMILES string of the molecule is O=C1c2cccc(OCc3cccc(C(O)(O)N4CCOCC4)c3F)c2CN1C1(O)C(=O)NC(=O)C(O)(O)C1(O)O. The summed E-state index contributed by atoms with van der Waals surface area (Å²) in [6.07, 6.45) is 0. The highest BCUT2D eigenvalue weighted by molar-refractivity contribution is 6.10. The largest absolute Gasteiger partial charge is 0.488 e. The van der Waals surface area contributed by atoms with Crippen molar-refractivity contribution in [2.24, 2.45) is 0 Å². The summed E-state index contributed by atoms with van der Waals surface area (Å²) in [5.74, 6) is -17.0. The fraction of sp³-hybridized carbons (Fsp3) is 0.400. The minimum Gasteiger partial charge on any atom is -0.488 e. The second-order valence-corrected chi connectivity index (χ2v) is 9.78. The zero-order chi connectivity index (χ0) is 30.0. The lowest BCUT2D eigenvalue weighted by molar-refractivity contribution is -0.407. The first-order valence-corrected chi connectivity index (χ1v) is 12.3. The van der Waals surface area contributed by atoms with E-state index < -0.39 is 65.5 Å². The summed E-state index contributed by atoms with van der Waals surface area (Å²) < 4.78 is 26.3. The van der Waals surface area contributed by atoms with Gasteiger partial charge in [-0.15, -0.1) is 0 Å². The molecule has 1 atom stereocenters. The lowest BCUT2D eigenvalue weighted by atomic mass is 9.86. The number of carbonyl (C=O) groups excluding carboxylic acids is 3. The van der Waals surface area contributed by atoms with Crippen LogP contribution in [0.2, 0.25) is 0 Å². The summed E-state index contributed by atoms with van der Waals surface area (Å²) in [7, 11) is 0. The van der Waals surface area contributed by atoms with Crippen molar-refractivity contribution in [1.29, 1.82) is 0 Å². The first-order valence-electron chi connectivity index (χ1n) is 12.3. The zero-order valence-corrected chi connectivity index (χ0v) is 21.2. The minimum absolute atomic E-state index is 0.00329. The second-order valence-electron chi connectivity index (χ2n) is 9.78. The van der Waals surface area contributed by atoms with Crippen LogP contribution in [-0.4, -0.2) is 107 Å². The number of halogens is 1. The van der Waals surface area contributed by atoms with Gasteiger partial charge in [0.1, 0.15) is 18.2 Å². The molecule has 16 heteroatoms. The van der Waals surface area contributed by atoms with Crippen molar-refractivity contribution in [2.45, 2.75) is 36.4 Å². The van der Waals surface area contributed by atoms with Gasteiger partial charge in [-0.05, 0) is 18.2 Å². The summed E-state index contributed by atoms with van der Waals surface area (Å²) >= 11 is 0. The van der Waals surface area contributed by atoms with Crippen molar-refractivity contribution in [3.05, 3.63) is 64.5 Å². The van der Waals surface area contributed by atoms with Gasteiger partial charge in [0.2, 0.25) is 0 Å². The van der Waals surface area contributed by atoms with E-state index in [-0.39, 0.29) is 53.6 Å². The zero-order valence-electron chi connectivity index (χ0n) is 21.2. The van der Waals surface area contributed by atoms with Gasteiger partial charge in [0.05, 0.1) is 25.3 Å². The maximum Gasteiger partial charge on any atom is 0.306 e. The van der Waals surface area contributed by atoms with E-state index in [1.54, 1.807) is 0 Å².